The summed E-state index contributed by atoms with van der Waals surface area (Å²) in [6, 6.07) is 17.4. The fourth-order valence-electron chi connectivity index (χ4n) is 1.83. The van der Waals surface area contributed by atoms with Crippen LogP contribution in [-0.4, -0.2) is 19.7 Å². The molecule has 1 heterocycles. The van der Waals surface area contributed by atoms with Crippen molar-refractivity contribution in [2.45, 2.75) is 19.2 Å². The number of methoxy groups -OCH3 is 1. The molecule has 20 heavy (non-hydrogen) atoms. The van der Waals surface area contributed by atoms with Gasteiger partial charge in [0.25, 0.3) is 6.29 Å². The fourth-order valence-corrected chi connectivity index (χ4v) is 1.83. The molecule has 2 atom stereocenters. The Kier molecular flexibility index (Phi) is 3.85. The lowest BCUT2D eigenvalue weighted by atomic mass is 10.2. The van der Waals surface area contributed by atoms with Gasteiger partial charge in [-0.3, -0.25) is 0 Å². The van der Waals surface area contributed by atoms with Gasteiger partial charge in [0.05, 0.1) is 13.7 Å². The Hall–Kier alpha value is -2.04. The van der Waals surface area contributed by atoms with Crippen LogP contribution in [0.2, 0.25) is 0 Å². The van der Waals surface area contributed by atoms with Crippen LogP contribution in [0.5, 0.6) is 11.5 Å². The Labute approximate surface area is 117 Å². The molecular formula is C16H16O4. The summed E-state index contributed by atoms with van der Waals surface area (Å²) < 4.78 is 21.6. The van der Waals surface area contributed by atoms with Crippen molar-refractivity contribution < 1.29 is 18.9 Å². The SMILES string of the molecule is COc1ccc(O[C@H]2O[C@@H]2OCc2ccccc2)cc1. The molecule has 4 heteroatoms. The van der Waals surface area contributed by atoms with Crippen LogP contribution in [0.1, 0.15) is 5.56 Å². The van der Waals surface area contributed by atoms with Crippen LogP contribution in [0.4, 0.5) is 0 Å². The molecule has 0 unspecified atom stereocenters. The van der Waals surface area contributed by atoms with Crippen molar-refractivity contribution >= 4 is 0 Å². The van der Waals surface area contributed by atoms with E-state index in [1.54, 1.807) is 7.11 Å². The Morgan fingerprint density at radius 2 is 1.60 bits per heavy atom. The molecule has 0 N–H and O–H groups in total. The molecule has 0 aliphatic carbocycles. The van der Waals surface area contributed by atoms with Gasteiger partial charge in [0, 0.05) is 0 Å². The summed E-state index contributed by atoms with van der Waals surface area (Å²) in [6.07, 6.45) is -0.621. The lowest BCUT2D eigenvalue weighted by molar-refractivity contribution is 0.0381. The molecule has 0 amide bonds. The second-order valence-electron chi connectivity index (χ2n) is 4.46. The first-order chi connectivity index (χ1) is 9.85. The fraction of sp³-hybridized carbons (Fsp3) is 0.250. The molecule has 4 nitrogen and oxygen atoms in total. The molecule has 1 aliphatic heterocycles. The number of epoxide rings is 1. The average Bonchev–Trinajstić information content (AvgIpc) is 3.25. The van der Waals surface area contributed by atoms with Crippen LogP contribution in [0, 0.1) is 0 Å². The van der Waals surface area contributed by atoms with Gasteiger partial charge in [-0.05, 0) is 29.8 Å². The number of hydrogen-bond acceptors (Lipinski definition) is 4. The number of benzene rings is 2. The number of ether oxygens (including phenoxy) is 4. The molecule has 3 rings (SSSR count). The van der Waals surface area contributed by atoms with E-state index in [-0.39, 0.29) is 12.6 Å². The largest absolute Gasteiger partial charge is 0.497 e. The first kappa shape index (κ1) is 13.0. The van der Waals surface area contributed by atoms with Gasteiger partial charge >= 0.3 is 0 Å². The zero-order valence-corrected chi connectivity index (χ0v) is 11.2. The van der Waals surface area contributed by atoms with Crippen LogP contribution < -0.4 is 9.47 Å². The lowest BCUT2D eigenvalue weighted by Gasteiger charge is -2.04. The molecule has 104 valence electrons. The van der Waals surface area contributed by atoms with Crippen LogP contribution >= 0.6 is 0 Å². The summed E-state index contributed by atoms with van der Waals surface area (Å²) >= 11 is 0. The van der Waals surface area contributed by atoms with E-state index in [1.165, 1.54) is 0 Å². The van der Waals surface area contributed by atoms with Gasteiger partial charge < -0.3 is 18.9 Å². The van der Waals surface area contributed by atoms with Crippen molar-refractivity contribution in [3.8, 4) is 11.5 Å². The van der Waals surface area contributed by atoms with E-state index in [9.17, 15) is 0 Å². The maximum atomic E-state index is 5.62. The van der Waals surface area contributed by atoms with Crippen molar-refractivity contribution in [3.05, 3.63) is 60.2 Å². The van der Waals surface area contributed by atoms with Gasteiger partial charge in [0.15, 0.2) is 0 Å². The maximum absolute atomic E-state index is 5.62. The van der Waals surface area contributed by atoms with Crippen LogP contribution in [0.3, 0.4) is 0 Å². The van der Waals surface area contributed by atoms with Gasteiger partial charge in [-0.25, -0.2) is 0 Å². The van der Waals surface area contributed by atoms with Gasteiger partial charge in [0.2, 0.25) is 6.29 Å². The Morgan fingerprint density at radius 1 is 0.900 bits per heavy atom. The van der Waals surface area contributed by atoms with Crippen LogP contribution in [0.25, 0.3) is 0 Å². The summed E-state index contributed by atoms with van der Waals surface area (Å²) in [4.78, 5) is 0. The third kappa shape index (κ3) is 3.29. The molecule has 0 saturated carbocycles. The van der Waals surface area contributed by atoms with Crippen LogP contribution in [-0.2, 0) is 16.1 Å². The Morgan fingerprint density at radius 3 is 2.30 bits per heavy atom. The molecule has 0 aromatic heterocycles. The quantitative estimate of drug-likeness (QED) is 0.758. The zero-order valence-electron chi connectivity index (χ0n) is 11.2. The highest BCUT2D eigenvalue weighted by Gasteiger charge is 2.42. The van der Waals surface area contributed by atoms with Crippen molar-refractivity contribution in [1.29, 1.82) is 0 Å². The molecule has 0 spiro atoms. The molecule has 2 aromatic carbocycles. The average molecular weight is 272 g/mol. The van der Waals surface area contributed by atoms with E-state index in [1.807, 2.05) is 54.6 Å². The molecule has 0 bridgehead atoms. The molecular weight excluding hydrogens is 256 g/mol. The van der Waals surface area contributed by atoms with Crippen molar-refractivity contribution in [2.24, 2.45) is 0 Å². The highest BCUT2D eigenvalue weighted by molar-refractivity contribution is 5.31. The summed E-state index contributed by atoms with van der Waals surface area (Å²) in [5, 5.41) is 0. The summed E-state index contributed by atoms with van der Waals surface area (Å²) in [5.74, 6) is 1.53. The minimum atomic E-state index is -0.327. The molecule has 1 fully saturated rings. The second-order valence-corrected chi connectivity index (χ2v) is 4.46. The zero-order chi connectivity index (χ0) is 13.8. The number of hydrogen-bond donors (Lipinski definition) is 0. The highest BCUT2D eigenvalue weighted by Crippen LogP contribution is 2.28. The minimum Gasteiger partial charge on any atom is -0.497 e. The minimum absolute atomic E-state index is 0.294. The van der Waals surface area contributed by atoms with Gasteiger partial charge in [0.1, 0.15) is 11.5 Å². The summed E-state index contributed by atoms with van der Waals surface area (Å²) in [6.45, 7) is 0.522. The Bertz CT molecular complexity index is 538. The van der Waals surface area contributed by atoms with E-state index in [0.717, 1.165) is 17.1 Å². The van der Waals surface area contributed by atoms with Crippen molar-refractivity contribution in [3.63, 3.8) is 0 Å². The standard InChI is InChI=1S/C16H16O4/c1-17-13-7-9-14(10-8-13)19-16-15(20-16)18-11-12-5-3-2-4-6-12/h2-10,15-16H,11H2,1H3/t15-,16-/m0/s1. The van der Waals surface area contributed by atoms with Crippen molar-refractivity contribution in [1.82, 2.24) is 0 Å². The summed E-state index contributed by atoms with van der Waals surface area (Å²) in [7, 11) is 1.63. The van der Waals surface area contributed by atoms with E-state index < -0.39 is 0 Å². The topological polar surface area (TPSA) is 40.2 Å². The molecule has 1 aliphatic rings. The second kappa shape index (κ2) is 5.94. The lowest BCUT2D eigenvalue weighted by Crippen LogP contribution is -2.06. The van der Waals surface area contributed by atoms with E-state index >= 15 is 0 Å². The monoisotopic (exact) mass is 272 g/mol. The van der Waals surface area contributed by atoms with E-state index in [2.05, 4.69) is 0 Å². The van der Waals surface area contributed by atoms with Crippen molar-refractivity contribution in [2.75, 3.05) is 7.11 Å². The van der Waals surface area contributed by atoms with Gasteiger partial charge in [-0.15, -0.1) is 0 Å². The first-order valence-corrected chi connectivity index (χ1v) is 6.47. The molecule has 1 saturated heterocycles. The smallest absolute Gasteiger partial charge is 0.254 e. The summed E-state index contributed by atoms with van der Waals surface area (Å²) in [5.41, 5.74) is 1.12. The maximum Gasteiger partial charge on any atom is 0.254 e. The van der Waals surface area contributed by atoms with Gasteiger partial charge in [-0.1, -0.05) is 30.3 Å². The van der Waals surface area contributed by atoms with E-state index in [4.69, 9.17) is 18.9 Å². The molecule has 2 aromatic rings. The Balaban J connectivity index is 1.45. The predicted octanol–water partition coefficient (Wildman–Crippen LogP) is 2.97. The molecule has 0 radical (unpaired) electrons. The first-order valence-electron chi connectivity index (χ1n) is 6.47. The number of rotatable bonds is 6. The normalized spacial score (nSPS) is 20.4. The third-order valence-corrected chi connectivity index (χ3v) is 2.98. The van der Waals surface area contributed by atoms with Gasteiger partial charge in [-0.2, -0.15) is 0 Å². The highest BCUT2D eigenvalue weighted by atomic mass is 16.9. The third-order valence-electron chi connectivity index (χ3n) is 2.98. The van der Waals surface area contributed by atoms with E-state index in [0.29, 0.717) is 6.61 Å². The predicted molar refractivity (Wildman–Crippen MR) is 73.5 cm³/mol. The van der Waals surface area contributed by atoms with Crippen LogP contribution in [0.15, 0.2) is 54.6 Å².